The fraction of sp³-hybridized carbons (Fsp3) is 0.121. The zero-order valence-electron chi connectivity index (χ0n) is 19.3. The highest BCUT2D eigenvalue weighted by atomic mass is 15.2. The molecule has 1 aromatic heterocycles. The number of rotatable bonds is 0. The van der Waals surface area contributed by atoms with Gasteiger partial charge >= 0.3 is 0 Å². The first-order valence-corrected chi connectivity index (χ1v) is 12.6. The van der Waals surface area contributed by atoms with E-state index in [4.69, 9.17) is 0 Å². The van der Waals surface area contributed by atoms with Gasteiger partial charge in [-0.25, -0.2) is 0 Å². The molecule has 0 amide bonds. The van der Waals surface area contributed by atoms with E-state index in [1.54, 1.807) is 0 Å². The van der Waals surface area contributed by atoms with Crippen LogP contribution in [0.1, 0.15) is 44.5 Å². The zero-order chi connectivity index (χ0) is 22.7. The second-order valence-corrected chi connectivity index (χ2v) is 10.4. The number of benzene rings is 4. The van der Waals surface area contributed by atoms with Crippen LogP contribution in [0.4, 0.5) is 17.1 Å². The Balaban J connectivity index is 1.37. The van der Waals surface area contributed by atoms with Crippen molar-refractivity contribution in [2.75, 3.05) is 4.90 Å². The van der Waals surface area contributed by atoms with Crippen molar-refractivity contribution >= 4 is 17.1 Å². The van der Waals surface area contributed by atoms with Crippen LogP contribution in [0.15, 0.2) is 85.2 Å². The van der Waals surface area contributed by atoms with E-state index in [1.807, 2.05) is 6.20 Å². The molecule has 0 fully saturated rings. The Hall–Kier alpha value is -4.17. The highest BCUT2D eigenvalue weighted by Gasteiger charge is 2.38. The molecule has 9 rings (SSSR count). The van der Waals surface area contributed by atoms with Gasteiger partial charge in [-0.3, -0.25) is 4.98 Å². The summed E-state index contributed by atoms with van der Waals surface area (Å²) < 4.78 is 0. The van der Waals surface area contributed by atoms with Crippen molar-refractivity contribution in [2.24, 2.45) is 0 Å². The molecule has 0 radical (unpaired) electrons. The number of pyridine rings is 1. The van der Waals surface area contributed by atoms with E-state index >= 15 is 0 Å². The van der Waals surface area contributed by atoms with Crippen molar-refractivity contribution in [1.82, 2.24) is 4.98 Å². The van der Waals surface area contributed by atoms with Crippen LogP contribution in [-0.4, -0.2) is 4.98 Å². The molecule has 2 nitrogen and oxygen atoms in total. The molecule has 3 heterocycles. The standard InChI is InChI=1S/C33H22N2/c1-3-7-25-20(6-1)16-28-27(25)10-9-21-17-29-31-22(13-19-5-2-4-8-26(19)31)14-23-15-24-18-34-12-11-30(24)35(32(21)28)33(23)29/h1-12,14,18H,13,15-17H2. The van der Waals surface area contributed by atoms with Gasteiger partial charge in [0.15, 0.2) is 0 Å². The summed E-state index contributed by atoms with van der Waals surface area (Å²) in [7, 11) is 0. The Morgan fingerprint density at radius 3 is 2.20 bits per heavy atom. The van der Waals surface area contributed by atoms with Crippen molar-refractivity contribution in [3.05, 3.63) is 130 Å². The molecule has 2 heteroatoms. The lowest BCUT2D eigenvalue weighted by Gasteiger charge is -2.41. The van der Waals surface area contributed by atoms with E-state index < -0.39 is 0 Å². The summed E-state index contributed by atoms with van der Waals surface area (Å²) in [6.07, 6.45) is 8.03. The first-order chi connectivity index (χ1) is 17.3. The predicted molar refractivity (Wildman–Crippen MR) is 141 cm³/mol. The van der Waals surface area contributed by atoms with Gasteiger partial charge in [-0.05, 0) is 79.2 Å². The lowest BCUT2D eigenvalue weighted by Crippen LogP contribution is -2.26. The Labute approximate surface area is 204 Å². The quantitative estimate of drug-likeness (QED) is 0.240. The third-order valence-electron chi connectivity index (χ3n) is 8.58. The van der Waals surface area contributed by atoms with E-state index in [2.05, 4.69) is 88.9 Å². The average molecular weight is 447 g/mol. The number of fused-ring (bicyclic) bond motifs is 12. The van der Waals surface area contributed by atoms with Gasteiger partial charge in [0, 0.05) is 31.7 Å². The molecule has 0 N–H and O–H groups in total. The van der Waals surface area contributed by atoms with Crippen LogP contribution in [0.2, 0.25) is 0 Å². The predicted octanol–water partition coefficient (Wildman–Crippen LogP) is 7.50. The molecule has 164 valence electrons. The van der Waals surface area contributed by atoms with Crippen LogP contribution in [0.25, 0.3) is 22.3 Å². The number of hydrogen-bond acceptors (Lipinski definition) is 2. The van der Waals surface area contributed by atoms with Gasteiger partial charge in [-0.1, -0.05) is 66.7 Å². The molecule has 0 saturated carbocycles. The molecule has 5 aromatic rings. The molecule has 2 aliphatic carbocycles. The van der Waals surface area contributed by atoms with Crippen LogP contribution in [0.5, 0.6) is 0 Å². The molecule has 0 bridgehead atoms. The summed E-state index contributed by atoms with van der Waals surface area (Å²) in [5.41, 5.74) is 21.4. The summed E-state index contributed by atoms with van der Waals surface area (Å²) in [6.45, 7) is 0. The topological polar surface area (TPSA) is 16.1 Å². The third-order valence-corrected chi connectivity index (χ3v) is 8.58. The van der Waals surface area contributed by atoms with Crippen LogP contribution >= 0.6 is 0 Å². The van der Waals surface area contributed by atoms with E-state index in [0.29, 0.717) is 0 Å². The normalized spacial score (nSPS) is 14.9. The maximum Gasteiger partial charge on any atom is 0.0539 e. The summed E-state index contributed by atoms with van der Waals surface area (Å²) in [5, 5.41) is 0. The highest BCUT2D eigenvalue weighted by Crippen LogP contribution is 2.57. The maximum atomic E-state index is 4.52. The Kier molecular flexibility index (Phi) is 3.27. The molecule has 4 aromatic carbocycles. The number of aromatic nitrogens is 1. The minimum absolute atomic E-state index is 0.955. The highest BCUT2D eigenvalue weighted by molar-refractivity contribution is 5.98. The van der Waals surface area contributed by atoms with Crippen molar-refractivity contribution in [3.63, 3.8) is 0 Å². The van der Waals surface area contributed by atoms with E-state index in [0.717, 1.165) is 25.7 Å². The fourth-order valence-electron chi connectivity index (χ4n) is 7.23. The molecular weight excluding hydrogens is 424 g/mol. The molecule has 0 unspecified atom stereocenters. The van der Waals surface area contributed by atoms with Crippen LogP contribution < -0.4 is 4.90 Å². The molecular formula is C33H22N2. The second kappa shape index (κ2) is 6.28. The van der Waals surface area contributed by atoms with Gasteiger partial charge in [-0.15, -0.1) is 0 Å². The van der Waals surface area contributed by atoms with Gasteiger partial charge in [0.2, 0.25) is 0 Å². The molecule has 4 aliphatic rings. The summed E-state index contributed by atoms with van der Waals surface area (Å²) >= 11 is 0. The monoisotopic (exact) mass is 446 g/mol. The van der Waals surface area contributed by atoms with Gasteiger partial charge in [0.25, 0.3) is 0 Å². The third kappa shape index (κ3) is 2.23. The van der Waals surface area contributed by atoms with Gasteiger partial charge < -0.3 is 4.90 Å². The van der Waals surface area contributed by atoms with Gasteiger partial charge in [0.05, 0.1) is 17.1 Å². The number of nitrogens with zero attached hydrogens (tertiary/aromatic N) is 2. The molecule has 0 saturated heterocycles. The largest absolute Gasteiger partial charge is 0.309 e. The molecule has 0 spiro atoms. The minimum atomic E-state index is 0.955. The maximum absolute atomic E-state index is 4.52. The van der Waals surface area contributed by atoms with Crippen LogP contribution in [-0.2, 0) is 25.7 Å². The van der Waals surface area contributed by atoms with E-state index in [1.165, 1.54) is 83.8 Å². The molecule has 35 heavy (non-hydrogen) atoms. The van der Waals surface area contributed by atoms with Crippen molar-refractivity contribution in [2.45, 2.75) is 25.7 Å². The number of anilines is 3. The van der Waals surface area contributed by atoms with Crippen LogP contribution in [0.3, 0.4) is 0 Å². The summed E-state index contributed by atoms with van der Waals surface area (Å²) in [5.74, 6) is 0. The smallest absolute Gasteiger partial charge is 0.0539 e. The Bertz CT molecular complexity index is 1760. The minimum Gasteiger partial charge on any atom is -0.309 e. The fourth-order valence-corrected chi connectivity index (χ4v) is 7.23. The van der Waals surface area contributed by atoms with Gasteiger partial charge in [0.1, 0.15) is 0 Å². The van der Waals surface area contributed by atoms with Crippen molar-refractivity contribution < 1.29 is 0 Å². The summed E-state index contributed by atoms with van der Waals surface area (Å²) in [4.78, 5) is 7.13. The number of hydrogen-bond donors (Lipinski definition) is 0. The van der Waals surface area contributed by atoms with Crippen molar-refractivity contribution in [1.29, 1.82) is 0 Å². The lowest BCUT2D eigenvalue weighted by molar-refractivity contribution is 0.987. The first-order valence-electron chi connectivity index (χ1n) is 12.6. The SMILES string of the molecule is c1ccc2c(c1)Cc1c-2ccc2c1N1c3ccncc3Cc3cc4c(c(c31)C2)-c1ccccc1C4. The molecule has 0 atom stereocenters. The van der Waals surface area contributed by atoms with E-state index in [9.17, 15) is 0 Å². The lowest BCUT2D eigenvalue weighted by atomic mass is 9.81. The van der Waals surface area contributed by atoms with Crippen molar-refractivity contribution in [3.8, 4) is 22.3 Å². The first kappa shape index (κ1) is 18.2. The van der Waals surface area contributed by atoms with Crippen LogP contribution in [0, 0.1) is 0 Å². The second-order valence-electron chi connectivity index (χ2n) is 10.4. The average Bonchev–Trinajstić information content (AvgIpc) is 3.46. The van der Waals surface area contributed by atoms with Gasteiger partial charge in [-0.2, -0.15) is 0 Å². The molecule has 2 aliphatic heterocycles. The Morgan fingerprint density at radius 2 is 1.29 bits per heavy atom. The Morgan fingerprint density at radius 1 is 0.543 bits per heavy atom. The summed E-state index contributed by atoms with van der Waals surface area (Å²) in [6, 6.07) is 27.4. The van der Waals surface area contributed by atoms with E-state index in [-0.39, 0.29) is 0 Å². The zero-order valence-corrected chi connectivity index (χ0v) is 19.3.